The lowest BCUT2D eigenvalue weighted by atomic mass is 10.1. The summed E-state index contributed by atoms with van der Waals surface area (Å²) in [5, 5.41) is 12.0. The highest BCUT2D eigenvalue weighted by Crippen LogP contribution is 2.47. The molecule has 0 radical (unpaired) electrons. The van der Waals surface area contributed by atoms with E-state index >= 15 is 0 Å². The summed E-state index contributed by atoms with van der Waals surface area (Å²) in [5.74, 6) is -1.22. The SMILES string of the molecule is Cc1cc(-c2nc3cc(F)ccc3n2C)ccc1NC(=O)C1(C(=O)O)CC1. The minimum atomic E-state index is -1.29. The molecular weight excluding hydrogens is 349 g/mol. The average Bonchev–Trinajstić information content (AvgIpc) is 3.37. The maximum absolute atomic E-state index is 13.4. The van der Waals surface area contributed by atoms with E-state index in [0.717, 1.165) is 16.6 Å². The van der Waals surface area contributed by atoms with Gasteiger partial charge < -0.3 is 15.0 Å². The summed E-state index contributed by atoms with van der Waals surface area (Å²) < 4.78 is 15.3. The topological polar surface area (TPSA) is 84.2 Å². The zero-order valence-corrected chi connectivity index (χ0v) is 14.9. The lowest BCUT2D eigenvalue weighted by Crippen LogP contribution is -2.31. The molecule has 7 heteroatoms. The second-order valence-corrected chi connectivity index (χ2v) is 7.00. The third kappa shape index (κ3) is 2.75. The summed E-state index contributed by atoms with van der Waals surface area (Å²) in [6.45, 7) is 1.84. The van der Waals surface area contributed by atoms with Crippen LogP contribution in [0.4, 0.5) is 10.1 Å². The highest BCUT2D eigenvalue weighted by molar-refractivity contribution is 6.11. The molecule has 1 aliphatic rings. The van der Waals surface area contributed by atoms with Crippen LogP contribution in [-0.2, 0) is 16.6 Å². The summed E-state index contributed by atoms with van der Waals surface area (Å²) >= 11 is 0. The van der Waals surface area contributed by atoms with Gasteiger partial charge in [-0.3, -0.25) is 9.59 Å². The zero-order chi connectivity index (χ0) is 19.3. The number of anilines is 1. The molecule has 3 aromatic rings. The molecule has 0 unspecified atom stereocenters. The van der Waals surface area contributed by atoms with Gasteiger partial charge in [0.15, 0.2) is 0 Å². The Bertz CT molecular complexity index is 1100. The number of hydrogen-bond acceptors (Lipinski definition) is 3. The summed E-state index contributed by atoms with van der Waals surface area (Å²) in [6, 6.07) is 9.88. The fourth-order valence-corrected chi connectivity index (χ4v) is 3.28. The average molecular weight is 367 g/mol. The molecule has 1 aromatic heterocycles. The van der Waals surface area contributed by atoms with Gasteiger partial charge in [-0.1, -0.05) is 0 Å². The van der Waals surface area contributed by atoms with Crippen molar-refractivity contribution in [2.45, 2.75) is 19.8 Å². The number of hydrogen-bond donors (Lipinski definition) is 2. The number of benzene rings is 2. The van der Waals surface area contributed by atoms with Crippen LogP contribution in [0.25, 0.3) is 22.4 Å². The second-order valence-electron chi connectivity index (χ2n) is 7.00. The number of rotatable bonds is 4. The van der Waals surface area contributed by atoms with Crippen LogP contribution in [0.2, 0.25) is 0 Å². The number of nitrogens with zero attached hydrogens (tertiary/aromatic N) is 2. The molecule has 2 aromatic carbocycles. The third-order valence-electron chi connectivity index (χ3n) is 5.17. The predicted molar refractivity (Wildman–Crippen MR) is 98.8 cm³/mol. The van der Waals surface area contributed by atoms with Gasteiger partial charge >= 0.3 is 5.97 Å². The van der Waals surface area contributed by atoms with Crippen LogP contribution >= 0.6 is 0 Å². The Hall–Kier alpha value is -3.22. The maximum atomic E-state index is 13.4. The molecular formula is C20H18FN3O3. The van der Waals surface area contributed by atoms with E-state index in [-0.39, 0.29) is 5.82 Å². The molecule has 1 fully saturated rings. The van der Waals surface area contributed by atoms with Gasteiger partial charge in [-0.05, 0) is 55.7 Å². The Balaban J connectivity index is 1.65. The van der Waals surface area contributed by atoms with Crippen LogP contribution in [0.1, 0.15) is 18.4 Å². The Morgan fingerprint density at radius 3 is 2.59 bits per heavy atom. The summed E-state index contributed by atoms with van der Waals surface area (Å²) in [4.78, 5) is 28.1. The minimum absolute atomic E-state index is 0.339. The second kappa shape index (κ2) is 5.90. The van der Waals surface area contributed by atoms with Crippen molar-refractivity contribution < 1.29 is 19.1 Å². The van der Waals surface area contributed by atoms with E-state index < -0.39 is 17.3 Å². The molecule has 0 saturated heterocycles. The van der Waals surface area contributed by atoms with E-state index in [4.69, 9.17) is 0 Å². The summed E-state index contributed by atoms with van der Waals surface area (Å²) in [6.07, 6.45) is 0.726. The van der Waals surface area contributed by atoms with Crippen LogP contribution in [0, 0.1) is 18.2 Å². The van der Waals surface area contributed by atoms with E-state index in [2.05, 4.69) is 10.3 Å². The number of halogens is 1. The number of carbonyl (C=O) groups excluding carboxylic acids is 1. The number of nitrogens with one attached hydrogen (secondary N) is 1. The molecule has 0 atom stereocenters. The quantitative estimate of drug-likeness (QED) is 0.692. The van der Waals surface area contributed by atoms with Crippen LogP contribution in [-0.4, -0.2) is 26.5 Å². The molecule has 6 nitrogen and oxygen atoms in total. The van der Waals surface area contributed by atoms with Crippen LogP contribution < -0.4 is 5.32 Å². The van der Waals surface area contributed by atoms with E-state index in [0.29, 0.717) is 29.9 Å². The number of aliphatic carboxylic acids is 1. The predicted octanol–water partition coefficient (Wildman–Crippen LogP) is 3.49. The molecule has 27 heavy (non-hydrogen) atoms. The van der Waals surface area contributed by atoms with E-state index in [1.54, 1.807) is 18.2 Å². The van der Waals surface area contributed by atoms with Crippen molar-refractivity contribution in [3.05, 3.63) is 47.8 Å². The van der Waals surface area contributed by atoms with Crippen molar-refractivity contribution in [3.63, 3.8) is 0 Å². The van der Waals surface area contributed by atoms with Gasteiger partial charge in [-0.2, -0.15) is 0 Å². The number of fused-ring (bicyclic) bond motifs is 1. The third-order valence-corrected chi connectivity index (χ3v) is 5.17. The maximum Gasteiger partial charge on any atom is 0.319 e. The van der Waals surface area contributed by atoms with E-state index in [1.165, 1.54) is 12.1 Å². The number of carboxylic acid groups (broad SMARTS) is 1. The highest BCUT2D eigenvalue weighted by atomic mass is 19.1. The van der Waals surface area contributed by atoms with Crippen molar-refractivity contribution in [1.82, 2.24) is 9.55 Å². The van der Waals surface area contributed by atoms with Gasteiger partial charge in [0.05, 0.1) is 11.0 Å². The molecule has 1 heterocycles. The molecule has 0 spiro atoms. The smallest absolute Gasteiger partial charge is 0.319 e. The first-order valence-electron chi connectivity index (χ1n) is 8.60. The first-order valence-corrected chi connectivity index (χ1v) is 8.60. The number of amides is 1. The van der Waals surface area contributed by atoms with Gasteiger partial charge in [0.25, 0.3) is 0 Å². The first-order chi connectivity index (χ1) is 12.8. The Kier molecular flexibility index (Phi) is 3.76. The monoisotopic (exact) mass is 367 g/mol. The first kappa shape index (κ1) is 17.2. The van der Waals surface area contributed by atoms with Crippen LogP contribution in [0.15, 0.2) is 36.4 Å². The van der Waals surface area contributed by atoms with E-state index in [1.807, 2.05) is 24.6 Å². The molecule has 1 aliphatic carbocycles. The van der Waals surface area contributed by atoms with Gasteiger partial charge in [-0.25, -0.2) is 9.37 Å². The molecule has 0 bridgehead atoms. The van der Waals surface area contributed by atoms with Gasteiger partial charge in [-0.15, -0.1) is 0 Å². The fraction of sp³-hybridized carbons (Fsp3) is 0.250. The van der Waals surface area contributed by atoms with Gasteiger partial charge in [0.1, 0.15) is 17.1 Å². The molecule has 138 valence electrons. The molecule has 1 amide bonds. The Morgan fingerprint density at radius 2 is 1.96 bits per heavy atom. The highest BCUT2D eigenvalue weighted by Gasteiger charge is 2.57. The van der Waals surface area contributed by atoms with Crippen molar-refractivity contribution in [1.29, 1.82) is 0 Å². The Morgan fingerprint density at radius 1 is 1.22 bits per heavy atom. The zero-order valence-electron chi connectivity index (χ0n) is 14.9. The molecule has 0 aliphatic heterocycles. The minimum Gasteiger partial charge on any atom is -0.480 e. The standard InChI is InChI=1S/C20H18FN3O3/c1-11-9-12(17-22-15-10-13(21)4-6-16(15)24(17)2)3-5-14(11)23-18(25)20(7-8-20)19(26)27/h3-6,9-10H,7-8H2,1-2H3,(H,23,25)(H,26,27). The number of carboxylic acids is 1. The summed E-state index contributed by atoms with van der Waals surface area (Å²) in [5.41, 5.74) is 2.29. The largest absolute Gasteiger partial charge is 0.480 e. The fourth-order valence-electron chi connectivity index (χ4n) is 3.28. The number of aromatic nitrogens is 2. The van der Waals surface area contributed by atoms with Crippen molar-refractivity contribution in [2.75, 3.05) is 5.32 Å². The lowest BCUT2D eigenvalue weighted by Gasteiger charge is -2.13. The van der Waals surface area contributed by atoms with E-state index in [9.17, 15) is 19.1 Å². The van der Waals surface area contributed by atoms with Gasteiger partial charge in [0.2, 0.25) is 5.91 Å². The van der Waals surface area contributed by atoms with Gasteiger partial charge in [0, 0.05) is 24.4 Å². The molecule has 2 N–H and O–H groups in total. The Labute approximate surface area is 154 Å². The number of aryl methyl sites for hydroxylation is 2. The van der Waals surface area contributed by atoms with Crippen molar-refractivity contribution in [2.24, 2.45) is 12.5 Å². The van der Waals surface area contributed by atoms with Crippen molar-refractivity contribution >= 4 is 28.6 Å². The number of imidazole rings is 1. The van der Waals surface area contributed by atoms with Crippen LogP contribution in [0.3, 0.4) is 0 Å². The van der Waals surface area contributed by atoms with Crippen LogP contribution in [0.5, 0.6) is 0 Å². The summed E-state index contributed by atoms with van der Waals surface area (Å²) in [7, 11) is 1.86. The number of carbonyl (C=O) groups is 2. The normalized spacial score (nSPS) is 14.9. The molecule has 1 saturated carbocycles. The molecule has 4 rings (SSSR count). The van der Waals surface area contributed by atoms with Crippen molar-refractivity contribution in [3.8, 4) is 11.4 Å². The lowest BCUT2D eigenvalue weighted by molar-refractivity contribution is -0.147.